The van der Waals surface area contributed by atoms with Gasteiger partial charge in [0.2, 0.25) is 0 Å². The number of nitrogens with zero attached hydrogens (tertiary/aromatic N) is 1. The molecule has 30 heavy (non-hydrogen) atoms. The molecule has 0 saturated carbocycles. The van der Waals surface area contributed by atoms with Crippen molar-refractivity contribution < 1.29 is 19.3 Å². The van der Waals surface area contributed by atoms with Crippen LogP contribution in [0.2, 0.25) is 5.02 Å². The number of hydrogen-bond acceptors (Lipinski definition) is 5. The van der Waals surface area contributed by atoms with E-state index in [0.717, 1.165) is 40.3 Å². The summed E-state index contributed by atoms with van der Waals surface area (Å²) in [7, 11) is 3.31. The van der Waals surface area contributed by atoms with Crippen molar-refractivity contribution in [2.75, 3.05) is 27.4 Å². The van der Waals surface area contributed by atoms with Crippen LogP contribution in [0.15, 0.2) is 54.6 Å². The average molecular weight is 426 g/mol. The number of hydrogen-bond donors (Lipinski definition) is 1. The summed E-state index contributed by atoms with van der Waals surface area (Å²) >= 11 is 6.12. The van der Waals surface area contributed by atoms with E-state index in [9.17, 15) is 5.11 Å². The average Bonchev–Trinajstić information content (AvgIpc) is 2.97. The first-order chi connectivity index (χ1) is 14.6. The van der Waals surface area contributed by atoms with Gasteiger partial charge in [0.25, 0.3) is 0 Å². The van der Waals surface area contributed by atoms with Crippen LogP contribution in [-0.2, 0) is 13.1 Å². The summed E-state index contributed by atoms with van der Waals surface area (Å²) in [5, 5.41) is 10.8. The molecule has 0 fully saturated rings. The normalized spacial score (nSPS) is 13.8. The van der Waals surface area contributed by atoms with Crippen molar-refractivity contribution in [2.24, 2.45) is 0 Å². The fourth-order valence-corrected chi connectivity index (χ4v) is 3.89. The Morgan fingerprint density at radius 1 is 1.00 bits per heavy atom. The van der Waals surface area contributed by atoms with E-state index in [1.165, 1.54) is 0 Å². The number of fused-ring (bicyclic) bond motifs is 1. The van der Waals surface area contributed by atoms with Crippen molar-refractivity contribution in [1.29, 1.82) is 0 Å². The molecule has 0 aliphatic carbocycles. The Kier molecular flexibility index (Phi) is 6.02. The zero-order valence-electron chi connectivity index (χ0n) is 17.0. The molecule has 3 aromatic rings. The molecule has 0 saturated heterocycles. The smallest absolute Gasteiger partial charge is 0.165 e. The van der Waals surface area contributed by atoms with Gasteiger partial charge in [0.1, 0.15) is 18.1 Å². The first-order valence-electron chi connectivity index (χ1n) is 9.75. The lowest BCUT2D eigenvalue weighted by Crippen LogP contribution is -2.25. The molecular weight excluding hydrogens is 402 g/mol. The fraction of sp³-hybridized carbons (Fsp3) is 0.250. The summed E-state index contributed by atoms with van der Waals surface area (Å²) < 4.78 is 16.9. The highest BCUT2D eigenvalue weighted by Crippen LogP contribution is 2.39. The summed E-state index contributed by atoms with van der Waals surface area (Å²) in [6, 6.07) is 17.2. The first kappa shape index (κ1) is 20.4. The van der Waals surface area contributed by atoms with Gasteiger partial charge in [-0.05, 0) is 53.6 Å². The van der Waals surface area contributed by atoms with E-state index in [0.29, 0.717) is 30.5 Å². The molecule has 0 amide bonds. The lowest BCUT2D eigenvalue weighted by atomic mass is 10.0. The molecule has 0 atom stereocenters. The lowest BCUT2D eigenvalue weighted by Gasteiger charge is -2.20. The Morgan fingerprint density at radius 3 is 2.53 bits per heavy atom. The van der Waals surface area contributed by atoms with Crippen molar-refractivity contribution in [1.82, 2.24) is 4.90 Å². The zero-order chi connectivity index (χ0) is 21.1. The third-order valence-corrected chi connectivity index (χ3v) is 5.49. The van der Waals surface area contributed by atoms with E-state index in [-0.39, 0.29) is 5.75 Å². The van der Waals surface area contributed by atoms with Crippen LogP contribution in [0, 0.1) is 0 Å². The van der Waals surface area contributed by atoms with Gasteiger partial charge < -0.3 is 19.3 Å². The van der Waals surface area contributed by atoms with Crippen LogP contribution < -0.4 is 14.2 Å². The predicted molar refractivity (Wildman–Crippen MR) is 118 cm³/mol. The van der Waals surface area contributed by atoms with Gasteiger partial charge in [0.15, 0.2) is 11.5 Å². The van der Waals surface area contributed by atoms with Gasteiger partial charge in [0.05, 0.1) is 14.2 Å². The van der Waals surface area contributed by atoms with Gasteiger partial charge >= 0.3 is 0 Å². The van der Waals surface area contributed by atoms with E-state index in [4.69, 9.17) is 25.8 Å². The second kappa shape index (κ2) is 8.86. The minimum atomic E-state index is 0.245. The first-order valence-corrected chi connectivity index (χ1v) is 10.1. The number of halogens is 1. The molecule has 0 unspecified atom stereocenters. The van der Waals surface area contributed by atoms with Gasteiger partial charge in [-0.1, -0.05) is 23.7 Å². The Morgan fingerprint density at radius 2 is 1.80 bits per heavy atom. The van der Waals surface area contributed by atoms with Crippen molar-refractivity contribution in [2.45, 2.75) is 13.1 Å². The number of methoxy groups -OCH3 is 2. The van der Waals surface area contributed by atoms with Gasteiger partial charge in [0, 0.05) is 35.8 Å². The van der Waals surface area contributed by atoms with Crippen LogP contribution in [0.25, 0.3) is 11.1 Å². The summed E-state index contributed by atoms with van der Waals surface area (Å²) in [4.78, 5) is 2.23. The number of phenolic OH excluding ortho intramolecular Hbond substituents is 1. The van der Waals surface area contributed by atoms with Crippen LogP contribution in [-0.4, -0.2) is 37.4 Å². The lowest BCUT2D eigenvalue weighted by molar-refractivity contribution is 0.215. The Hall–Kier alpha value is -2.89. The van der Waals surface area contributed by atoms with E-state index in [2.05, 4.69) is 11.0 Å². The molecule has 0 radical (unpaired) electrons. The van der Waals surface area contributed by atoms with Crippen LogP contribution in [0.1, 0.15) is 11.1 Å². The number of phenols is 1. The molecule has 156 valence electrons. The second-order valence-corrected chi connectivity index (χ2v) is 7.66. The highest BCUT2D eigenvalue weighted by atomic mass is 35.5. The molecule has 5 nitrogen and oxygen atoms in total. The summed E-state index contributed by atoms with van der Waals surface area (Å²) in [5.74, 6) is 2.55. The van der Waals surface area contributed by atoms with Crippen LogP contribution in [0.5, 0.6) is 23.0 Å². The fourth-order valence-electron chi connectivity index (χ4n) is 3.70. The van der Waals surface area contributed by atoms with Gasteiger partial charge in [-0.2, -0.15) is 0 Å². The van der Waals surface area contributed by atoms with E-state index in [1.807, 2.05) is 30.3 Å². The number of aromatic hydroxyl groups is 1. The van der Waals surface area contributed by atoms with Crippen molar-refractivity contribution in [3.8, 4) is 34.1 Å². The highest BCUT2D eigenvalue weighted by Gasteiger charge is 2.21. The minimum absolute atomic E-state index is 0.245. The van der Waals surface area contributed by atoms with Crippen molar-refractivity contribution in [3.05, 3.63) is 70.7 Å². The van der Waals surface area contributed by atoms with Gasteiger partial charge in [-0.15, -0.1) is 0 Å². The quantitative estimate of drug-likeness (QED) is 0.614. The molecule has 0 aromatic heterocycles. The molecule has 1 aliphatic heterocycles. The second-order valence-electron chi connectivity index (χ2n) is 7.23. The maximum atomic E-state index is 10.2. The van der Waals surface area contributed by atoms with Crippen LogP contribution >= 0.6 is 11.6 Å². The van der Waals surface area contributed by atoms with Gasteiger partial charge in [-0.25, -0.2) is 0 Å². The number of ether oxygens (including phenoxy) is 3. The standard InChI is InChI=1S/C24H24ClNO4/c1-28-21-6-3-16(4-7-21)17-11-19-15-26(9-10-30-24(19)23(13-17)29-2)14-18-12-20(25)5-8-22(18)27/h3-8,11-13,27H,9-10,14-15H2,1-2H3. The topological polar surface area (TPSA) is 51.2 Å². The largest absolute Gasteiger partial charge is 0.508 e. The minimum Gasteiger partial charge on any atom is -0.508 e. The summed E-state index contributed by atoms with van der Waals surface area (Å²) in [6.45, 7) is 2.50. The van der Waals surface area contributed by atoms with E-state index >= 15 is 0 Å². The zero-order valence-corrected chi connectivity index (χ0v) is 17.8. The third kappa shape index (κ3) is 4.32. The molecule has 6 heteroatoms. The predicted octanol–water partition coefficient (Wildman–Crippen LogP) is 5.12. The van der Waals surface area contributed by atoms with Crippen LogP contribution in [0.3, 0.4) is 0 Å². The maximum absolute atomic E-state index is 10.2. The molecule has 1 N–H and O–H groups in total. The molecule has 4 rings (SSSR count). The molecule has 1 aliphatic rings. The maximum Gasteiger partial charge on any atom is 0.165 e. The highest BCUT2D eigenvalue weighted by molar-refractivity contribution is 6.30. The van der Waals surface area contributed by atoms with Gasteiger partial charge in [-0.3, -0.25) is 4.90 Å². The molecule has 3 aromatic carbocycles. The number of rotatable bonds is 5. The molecule has 0 spiro atoms. The Balaban J connectivity index is 1.66. The molecule has 0 bridgehead atoms. The van der Waals surface area contributed by atoms with E-state index < -0.39 is 0 Å². The monoisotopic (exact) mass is 425 g/mol. The number of benzene rings is 3. The molecular formula is C24H24ClNO4. The SMILES string of the molecule is COc1ccc(-c2cc3c(c(OC)c2)OCCN(Cc2cc(Cl)ccc2O)C3)cc1. The van der Waals surface area contributed by atoms with E-state index in [1.54, 1.807) is 32.4 Å². The van der Waals surface area contributed by atoms with Crippen LogP contribution in [0.4, 0.5) is 0 Å². The Labute approximate surface area is 181 Å². The molecule has 1 heterocycles. The summed E-state index contributed by atoms with van der Waals surface area (Å²) in [6.07, 6.45) is 0. The third-order valence-electron chi connectivity index (χ3n) is 5.26. The Bertz CT molecular complexity index is 1040. The summed E-state index contributed by atoms with van der Waals surface area (Å²) in [5.41, 5.74) is 3.95. The van der Waals surface area contributed by atoms with Crippen molar-refractivity contribution >= 4 is 11.6 Å². The van der Waals surface area contributed by atoms with Crippen molar-refractivity contribution in [3.63, 3.8) is 0 Å².